The molecule has 0 radical (unpaired) electrons. The van der Waals surface area contributed by atoms with Gasteiger partial charge in [-0.05, 0) is 55.3 Å². The lowest BCUT2D eigenvalue weighted by Gasteiger charge is -1.95. The molecule has 4 heterocycles. The van der Waals surface area contributed by atoms with Crippen LogP contribution in [0.4, 0.5) is 0 Å². The second-order valence-electron chi connectivity index (χ2n) is 5.14. The second kappa shape index (κ2) is 11.6. The van der Waals surface area contributed by atoms with Crippen LogP contribution in [0.3, 0.4) is 0 Å². The maximum atomic E-state index is 4.24. The molecule has 0 amide bonds. The average molecular weight is 348 g/mol. The Labute approximate surface area is 156 Å². The molecule has 136 valence electrons. The molecule has 0 saturated heterocycles. The molecule has 0 aromatic carbocycles. The second-order valence-corrected chi connectivity index (χ2v) is 5.14. The smallest absolute Gasteiger partial charge is 0.0889 e. The molecular formula is C22H28N4. The van der Waals surface area contributed by atoms with Crippen molar-refractivity contribution in [3.8, 4) is 0 Å². The SMILES string of the molecule is CC.CC.Cc1cnc2cccnc2c1.Cc1cnc2ccncc2c1. The van der Waals surface area contributed by atoms with Crippen LogP contribution in [0.1, 0.15) is 38.8 Å². The topological polar surface area (TPSA) is 51.6 Å². The Morgan fingerprint density at radius 1 is 0.615 bits per heavy atom. The standard InChI is InChI=1S/2C9H8N2.2C2H6/c1-7-4-8-6-10-3-2-9(8)11-5-7;1-7-5-9-8(11-6-7)3-2-4-10-9;2*1-2/h2*2-6H,1H3;2*1-2H3. The maximum absolute atomic E-state index is 4.24. The van der Waals surface area contributed by atoms with Crippen molar-refractivity contribution >= 4 is 21.9 Å². The molecule has 0 unspecified atom stereocenters. The lowest BCUT2D eigenvalue weighted by Crippen LogP contribution is -1.82. The minimum atomic E-state index is 0.957. The molecule has 0 spiro atoms. The molecule has 4 nitrogen and oxygen atoms in total. The minimum Gasteiger partial charge on any atom is -0.264 e. The highest BCUT2D eigenvalue weighted by atomic mass is 14.7. The number of hydrogen-bond acceptors (Lipinski definition) is 4. The number of aryl methyl sites for hydroxylation is 2. The molecule has 4 aromatic rings. The van der Waals surface area contributed by atoms with Crippen molar-refractivity contribution in [1.29, 1.82) is 0 Å². The average Bonchev–Trinajstić information content (AvgIpc) is 2.71. The fourth-order valence-corrected chi connectivity index (χ4v) is 2.14. The van der Waals surface area contributed by atoms with E-state index in [4.69, 9.17) is 0 Å². The zero-order valence-corrected chi connectivity index (χ0v) is 16.6. The third kappa shape index (κ3) is 6.20. The lowest BCUT2D eigenvalue weighted by atomic mass is 10.2. The van der Waals surface area contributed by atoms with Gasteiger partial charge in [0.1, 0.15) is 0 Å². The zero-order chi connectivity index (χ0) is 19.4. The van der Waals surface area contributed by atoms with Crippen LogP contribution < -0.4 is 0 Å². The van der Waals surface area contributed by atoms with Crippen molar-refractivity contribution in [1.82, 2.24) is 19.9 Å². The summed E-state index contributed by atoms with van der Waals surface area (Å²) in [6.45, 7) is 12.0. The van der Waals surface area contributed by atoms with Gasteiger partial charge in [0.2, 0.25) is 0 Å². The number of hydrogen-bond donors (Lipinski definition) is 0. The summed E-state index contributed by atoms with van der Waals surface area (Å²) in [7, 11) is 0. The first-order valence-electron chi connectivity index (χ1n) is 9.06. The summed E-state index contributed by atoms with van der Waals surface area (Å²) < 4.78 is 0. The van der Waals surface area contributed by atoms with Crippen LogP contribution in [0.25, 0.3) is 21.9 Å². The van der Waals surface area contributed by atoms with Gasteiger partial charge < -0.3 is 0 Å². The van der Waals surface area contributed by atoms with Crippen LogP contribution in [-0.4, -0.2) is 19.9 Å². The van der Waals surface area contributed by atoms with Crippen molar-refractivity contribution in [3.05, 3.63) is 72.4 Å². The predicted octanol–water partition coefficient (Wildman–Crippen LogP) is 5.93. The van der Waals surface area contributed by atoms with Gasteiger partial charge in [0.25, 0.3) is 0 Å². The fourth-order valence-electron chi connectivity index (χ4n) is 2.14. The van der Waals surface area contributed by atoms with E-state index in [0.29, 0.717) is 0 Å². The highest BCUT2D eigenvalue weighted by Gasteiger charge is 1.93. The molecule has 0 aliphatic heterocycles. The molecule has 4 aromatic heterocycles. The molecule has 0 bridgehead atoms. The number of fused-ring (bicyclic) bond motifs is 2. The first-order chi connectivity index (χ1) is 12.7. The molecule has 4 rings (SSSR count). The third-order valence-corrected chi connectivity index (χ3v) is 3.21. The van der Waals surface area contributed by atoms with Crippen molar-refractivity contribution in [2.45, 2.75) is 41.5 Å². The van der Waals surface area contributed by atoms with Crippen LogP contribution in [0, 0.1) is 13.8 Å². The first kappa shape index (κ1) is 21.2. The summed E-state index contributed by atoms with van der Waals surface area (Å²) in [6, 6.07) is 9.87. The monoisotopic (exact) mass is 348 g/mol. The lowest BCUT2D eigenvalue weighted by molar-refractivity contribution is 1.29. The highest BCUT2D eigenvalue weighted by molar-refractivity contribution is 5.77. The van der Waals surface area contributed by atoms with Crippen LogP contribution in [0.5, 0.6) is 0 Å². The van der Waals surface area contributed by atoms with E-state index in [1.807, 2.05) is 84.4 Å². The normalized spacial score (nSPS) is 9.15. The van der Waals surface area contributed by atoms with Gasteiger partial charge in [-0.25, -0.2) is 0 Å². The Hall–Kier alpha value is -2.88. The van der Waals surface area contributed by atoms with Crippen LogP contribution >= 0.6 is 0 Å². The number of pyridine rings is 4. The molecule has 0 N–H and O–H groups in total. The van der Waals surface area contributed by atoms with E-state index in [-0.39, 0.29) is 0 Å². The summed E-state index contributed by atoms with van der Waals surface area (Å²) in [5.74, 6) is 0. The quantitative estimate of drug-likeness (QED) is 0.395. The summed E-state index contributed by atoms with van der Waals surface area (Å²) in [5.41, 5.74) is 5.25. The molecule has 0 saturated carbocycles. The molecule has 0 fully saturated rings. The number of aromatic nitrogens is 4. The molecule has 0 aliphatic carbocycles. The van der Waals surface area contributed by atoms with Gasteiger partial charge in [0, 0.05) is 36.4 Å². The van der Waals surface area contributed by atoms with E-state index in [0.717, 1.165) is 27.5 Å². The van der Waals surface area contributed by atoms with E-state index in [9.17, 15) is 0 Å². The Morgan fingerprint density at radius 3 is 2.00 bits per heavy atom. The van der Waals surface area contributed by atoms with Gasteiger partial charge in [-0.1, -0.05) is 27.7 Å². The number of nitrogens with zero attached hydrogens (tertiary/aromatic N) is 4. The molecule has 0 atom stereocenters. The first-order valence-corrected chi connectivity index (χ1v) is 9.06. The van der Waals surface area contributed by atoms with E-state index >= 15 is 0 Å². The summed E-state index contributed by atoms with van der Waals surface area (Å²) >= 11 is 0. The Morgan fingerprint density at radius 2 is 1.27 bits per heavy atom. The molecular weight excluding hydrogens is 320 g/mol. The predicted molar refractivity (Wildman–Crippen MR) is 111 cm³/mol. The van der Waals surface area contributed by atoms with E-state index in [1.54, 1.807) is 12.4 Å². The molecule has 4 heteroatoms. The van der Waals surface area contributed by atoms with Gasteiger partial charge in [-0.2, -0.15) is 0 Å². The van der Waals surface area contributed by atoms with Gasteiger partial charge >= 0.3 is 0 Å². The van der Waals surface area contributed by atoms with Crippen molar-refractivity contribution in [2.24, 2.45) is 0 Å². The van der Waals surface area contributed by atoms with Gasteiger partial charge in [0.15, 0.2) is 0 Å². The highest BCUT2D eigenvalue weighted by Crippen LogP contribution is 2.10. The van der Waals surface area contributed by atoms with Crippen LogP contribution in [-0.2, 0) is 0 Å². The Bertz CT molecular complexity index is 842. The van der Waals surface area contributed by atoms with Gasteiger partial charge in [-0.3, -0.25) is 19.9 Å². The summed E-state index contributed by atoms with van der Waals surface area (Å²) in [6.07, 6.45) is 9.08. The number of rotatable bonds is 0. The Balaban J connectivity index is 0.000000219. The van der Waals surface area contributed by atoms with E-state index in [1.165, 1.54) is 5.56 Å². The van der Waals surface area contributed by atoms with Crippen molar-refractivity contribution < 1.29 is 0 Å². The third-order valence-electron chi connectivity index (χ3n) is 3.21. The zero-order valence-electron chi connectivity index (χ0n) is 16.6. The largest absolute Gasteiger partial charge is 0.264 e. The minimum absolute atomic E-state index is 0.957. The van der Waals surface area contributed by atoms with Crippen molar-refractivity contribution in [2.75, 3.05) is 0 Å². The van der Waals surface area contributed by atoms with Gasteiger partial charge in [0.05, 0.1) is 16.6 Å². The Kier molecular flexibility index (Phi) is 9.47. The fraction of sp³-hybridized carbons (Fsp3) is 0.273. The van der Waals surface area contributed by atoms with Gasteiger partial charge in [-0.15, -0.1) is 0 Å². The van der Waals surface area contributed by atoms with Crippen LogP contribution in [0.15, 0.2) is 61.3 Å². The summed E-state index contributed by atoms with van der Waals surface area (Å²) in [4.78, 5) is 16.7. The van der Waals surface area contributed by atoms with E-state index in [2.05, 4.69) is 26.0 Å². The van der Waals surface area contributed by atoms with Crippen LogP contribution in [0.2, 0.25) is 0 Å². The summed E-state index contributed by atoms with van der Waals surface area (Å²) in [5, 5.41) is 1.10. The molecule has 0 aliphatic rings. The molecule has 26 heavy (non-hydrogen) atoms. The van der Waals surface area contributed by atoms with E-state index < -0.39 is 0 Å². The van der Waals surface area contributed by atoms with Crippen molar-refractivity contribution in [3.63, 3.8) is 0 Å². The maximum Gasteiger partial charge on any atom is 0.0889 e.